The molecule has 2 aromatic rings. The number of para-hydroxylation sites is 1. The van der Waals surface area contributed by atoms with Gasteiger partial charge in [0.05, 0.1) is 7.11 Å². The second-order valence-corrected chi connectivity index (χ2v) is 8.03. The summed E-state index contributed by atoms with van der Waals surface area (Å²) in [5.74, 6) is 1.85. The summed E-state index contributed by atoms with van der Waals surface area (Å²) in [6.07, 6.45) is 6.87. The maximum Gasteiger partial charge on any atom is 0.271 e. The van der Waals surface area contributed by atoms with Crippen LogP contribution in [0, 0.1) is 0 Å². The number of fused-ring (bicyclic) bond motifs is 1. The molecule has 1 amide bonds. The molecule has 1 fully saturated rings. The predicted molar refractivity (Wildman–Crippen MR) is 109 cm³/mol. The average molecular weight is 383 g/mol. The Morgan fingerprint density at radius 1 is 1.25 bits per heavy atom. The minimum atomic E-state index is -0.0842. The first-order valence-electron chi connectivity index (χ1n) is 10.3. The maximum atomic E-state index is 12.6. The lowest BCUT2D eigenvalue weighted by Gasteiger charge is -2.23. The van der Waals surface area contributed by atoms with Gasteiger partial charge in [0, 0.05) is 37.2 Å². The van der Waals surface area contributed by atoms with E-state index in [0.29, 0.717) is 18.3 Å². The van der Waals surface area contributed by atoms with Crippen molar-refractivity contribution in [3.63, 3.8) is 0 Å². The zero-order valence-corrected chi connectivity index (χ0v) is 16.8. The van der Waals surface area contributed by atoms with Crippen molar-refractivity contribution in [3.8, 4) is 5.75 Å². The van der Waals surface area contributed by atoms with Crippen molar-refractivity contribution >= 4 is 5.91 Å². The summed E-state index contributed by atoms with van der Waals surface area (Å²) in [4.78, 5) is 23.1. The Labute approximate surface area is 166 Å². The minimum absolute atomic E-state index is 0.0842. The Morgan fingerprint density at radius 2 is 2.04 bits per heavy atom. The molecule has 1 aliphatic heterocycles. The molecule has 4 rings (SSSR count). The van der Waals surface area contributed by atoms with E-state index in [1.165, 1.54) is 25.7 Å². The number of aromatic nitrogens is 2. The van der Waals surface area contributed by atoms with Crippen LogP contribution < -0.4 is 10.1 Å². The van der Waals surface area contributed by atoms with E-state index in [1.807, 2.05) is 18.2 Å². The molecular weight excluding hydrogens is 352 g/mol. The molecule has 2 heterocycles. The molecule has 1 aliphatic carbocycles. The van der Waals surface area contributed by atoms with E-state index >= 15 is 0 Å². The first-order valence-corrected chi connectivity index (χ1v) is 10.3. The van der Waals surface area contributed by atoms with Gasteiger partial charge in [0.15, 0.2) is 0 Å². The molecule has 2 N–H and O–H groups in total. The number of hydrogen-bond acceptors (Lipinski definition) is 4. The molecular formula is C22H30N4O2. The quantitative estimate of drug-likeness (QED) is 0.806. The Balaban J connectivity index is 1.49. The fourth-order valence-electron chi connectivity index (χ4n) is 4.57. The van der Waals surface area contributed by atoms with E-state index in [0.717, 1.165) is 42.2 Å². The van der Waals surface area contributed by atoms with Crippen LogP contribution in [0.3, 0.4) is 0 Å². The van der Waals surface area contributed by atoms with Gasteiger partial charge >= 0.3 is 0 Å². The van der Waals surface area contributed by atoms with Crippen molar-refractivity contribution in [2.24, 2.45) is 0 Å². The fourth-order valence-corrected chi connectivity index (χ4v) is 4.57. The van der Waals surface area contributed by atoms with Gasteiger partial charge in [0.1, 0.15) is 17.3 Å². The predicted octanol–water partition coefficient (Wildman–Crippen LogP) is 2.90. The number of aromatic amines is 1. The lowest BCUT2D eigenvalue weighted by Crippen LogP contribution is -2.31. The van der Waals surface area contributed by atoms with Crippen LogP contribution in [0.5, 0.6) is 5.75 Å². The Hall–Kier alpha value is -2.34. The Morgan fingerprint density at radius 3 is 2.82 bits per heavy atom. The average Bonchev–Trinajstić information content (AvgIpc) is 3.36. The zero-order valence-electron chi connectivity index (χ0n) is 16.8. The number of likely N-dealkylation sites (N-methyl/N-ethyl adjacent to an activating group) is 1. The van der Waals surface area contributed by atoms with Crippen LogP contribution in [-0.4, -0.2) is 54.1 Å². The molecule has 0 unspecified atom stereocenters. The monoisotopic (exact) mass is 382 g/mol. The van der Waals surface area contributed by atoms with E-state index in [2.05, 4.69) is 33.3 Å². The van der Waals surface area contributed by atoms with Crippen LogP contribution in [0.1, 0.15) is 59.2 Å². The number of carbonyl (C=O) groups excluding carboxylic acids is 1. The Bertz CT molecular complexity index is 826. The second kappa shape index (κ2) is 8.35. The molecule has 1 aromatic carbocycles. The van der Waals surface area contributed by atoms with Crippen LogP contribution in [0.4, 0.5) is 0 Å². The SMILES string of the molecule is COc1ccccc1[C@@H]1CNC(=O)c2nc(CCN(C)C3CCCC3)[nH]c2C1. The minimum Gasteiger partial charge on any atom is -0.496 e. The van der Waals surface area contributed by atoms with E-state index in [9.17, 15) is 4.79 Å². The normalized spacial score (nSPS) is 20.1. The fraction of sp³-hybridized carbons (Fsp3) is 0.545. The number of nitrogens with one attached hydrogen (secondary N) is 2. The molecule has 2 aliphatic rings. The number of H-pyrrole nitrogens is 1. The third-order valence-corrected chi connectivity index (χ3v) is 6.23. The third kappa shape index (κ3) is 3.92. The van der Waals surface area contributed by atoms with Crippen molar-refractivity contribution < 1.29 is 9.53 Å². The summed E-state index contributed by atoms with van der Waals surface area (Å²) >= 11 is 0. The van der Waals surface area contributed by atoms with Crippen molar-refractivity contribution in [1.82, 2.24) is 20.2 Å². The molecule has 0 bridgehead atoms. The highest BCUT2D eigenvalue weighted by Crippen LogP contribution is 2.31. The number of benzene rings is 1. The van der Waals surface area contributed by atoms with Gasteiger partial charge in [-0.3, -0.25) is 4.79 Å². The molecule has 1 saturated carbocycles. The lowest BCUT2D eigenvalue weighted by atomic mass is 9.93. The Kier molecular flexibility index (Phi) is 5.67. The smallest absolute Gasteiger partial charge is 0.271 e. The topological polar surface area (TPSA) is 70.2 Å². The van der Waals surface area contributed by atoms with Gasteiger partial charge in [0.25, 0.3) is 5.91 Å². The molecule has 0 spiro atoms. The van der Waals surface area contributed by atoms with Crippen LogP contribution in [-0.2, 0) is 12.8 Å². The molecule has 6 nitrogen and oxygen atoms in total. The molecule has 1 aromatic heterocycles. The summed E-state index contributed by atoms with van der Waals surface area (Å²) in [6.45, 7) is 1.55. The van der Waals surface area contributed by atoms with Gasteiger partial charge in [-0.1, -0.05) is 31.0 Å². The zero-order chi connectivity index (χ0) is 19.5. The number of ether oxygens (including phenoxy) is 1. The van der Waals surface area contributed by atoms with Crippen LogP contribution in [0.2, 0.25) is 0 Å². The molecule has 0 radical (unpaired) electrons. The standard InChI is InChI=1S/C22H30N4O2/c1-26(16-7-3-4-8-16)12-11-20-24-18-13-15(14-23-22(27)21(18)25-20)17-9-5-6-10-19(17)28-2/h5-6,9-10,15-16H,3-4,7-8,11-14H2,1-2H3,(H,23,27)(H,24,25)/t15-/m0/s1. The van der Waals surface area contributed by atoms with Gasteiger partial charge in [0.2, 0.25) is 0 Å². The molecule has 1 atom stereocenters. The summed E-state index contributed by atoms with van der Waals surface area (Å²) in [5.41, 5.74) is 2.61. The highest BCUT2D eigenvalue weighted by molar-refractivity contribution is 5.94. The lowest BCUT2D eigenvalue weighted by molar-refractivity contribution is 0.0950. The highest BCUT2D eigenvalue weighted by atomic mass is 16.5. The van der Waals surface area contributed by atoms with E-state index in [-0.39, 0.29) is 11.8 Å². The van der Waals surface area contributed by atoms with Gasteiger partial charge in [-0.2, -0.15) is 0 Å². The molecule has 150 valence electrons. The third-order valence-electron chi connectivity index (χ3n) is 6.23. The molecule has 0 saturated heterocycles. The van der Waals surface area contributed by atoms with E-state index < -0.39 is 0 Å². The summed E-state index contributed by atoms with van der Waals surface area (Å²) < 4.78 is 5.53. The van der Waals surface area contributed by atoms with Gasteiger partial charge in [-0.25, -0.2) is 4.98 Å². The first kappa shape index (κ1) is 19.0. The summed E-state index contributed by atoms with van der Waals surface area (Å²) in [5, 5.41) is 3.04. The number of methoxy groups -OCH3 is 1. The largest absolute Gasteiger partial charge is 0.496 e. The number of imidazole rings is 1. The maximum absolute atomic E-state index is 12.6. The summed E-state index contributed by atoms with van der Waals surface area (Å²) in [7, 11) is 3.89. The molecule has 6 heteroatoms. The number of rotatable bonds is 6. The van der Waals surface area contributed by atoms with Crippen LogP contribution in [0.25, 0.3) is 0 Å². The first-order chi connectivity index (χ1) is 13.7. The highest BCUT2D eigenvalue weighted by Gasteiger charge is 2.28. The van der Waals surface area contributed by atoms with Crippen molar-refractivity contribution in [3.05, 3.63) is 47.0 Å². The van der Waals surface area contributed by atoms with Crippen molar-refractivity contribution in [1.29, 1.82) is 0 Å². The van der Waals surface area contributed by atoms with Crippen molar-refractivity contribution in [2.75, 3.05) is 27.2 Å². The summed E-state index contributed by atoms with van der Waals surface area (Å²) in [6, 6.07) is 8.74. The molecule has 28 heavy (non-hydrogen) atoms. The van der Waals surface area contributed by atoms with Crippen LogP contribution in [0.15, 0.2) is 24.3 Å². The second-order valence-electron chi connectivity index (χ2n) is 8.03. The number of nitrogens with zero attached hydrogens (tertiary/aromatic N) is 2. The van der Waals surface area contributed by atoms with Crippen LogP contribution >= 0.6 is 0 Å². The number of amides is 1. The van der Waals surface area contributed by atoms with E-state index in [4.69, 9.17) is 4.74 Å². The van der Waals surface area contributed by atoms with Gasteiger partial charge in [-0.15, -0.1) is 0 Å². The van der Waals surface area contributed by atoms with E-state index in [1.54, 1.807) is 7.11 Å². The van der Waals surface area contributed by atoms with Gasteiger partial charge in [-0.05, 0) is 37.9 Å². The number of hydrogen-bond donors (Lipinski definition) is 2. The van der Waals surface area contributed by atoms with Crippen molar-refractivity contribution in [2.45, 2.75) is 50.5 Å². The number of carbonyl (C=O) groups is 1. The van der Waals surface area contributed by atoms with Gasteiger partial charge < -0.3 is 19.9 Å².